The molecule has 0 aromatic carbocycles. The Morgan fingerprint density at radius 1 is 1.50 bits per heavy atom. The van der Waals surface area contributed by atoms with E-state index in [4.69, 9.17) is 9.52 Å². The van der Waals surface area contributed by atoms with E-state index in [-0.39, 0.29) is 5.76 Å². The third-order valence-electron chi connectivity index (χ3n) is 3.80. The zero-order valence-electron chi connectivity index (χ0n) is 10.8. The highest BCUT2D eigenvalue weighted by Crippen LogP contribution is 2.26. The number of aromatic carboxylic acids is 1. The minimum absolute atomic E-state index is 0.0156. The van der Waals surface area contributed by atoms with Crippen molar-refractivity contribution in [2.75, 3.05) is 0 Å². The fourth-order valence-corrected chi connectivity index (χ4v) is 2.68. The molecule has 0 aliphatic heterocycles. The summed E-state index contributed by atoms with van der Waals surface area (Å²) in [5.74, 6) is 0.542. The van der Waals surface area contributed by atoms with Crippen LogP contribution < -0.4 is 5.32 Å². The molecule has 1 fully saturated rings. The molecule has 0 amide bonds. The third kappa shape index (κ3) is 3.35. The van der Waals surface area contributed by atoms with E-state index in [0.29, 0.717) is 18.3 Å². The Labute approximate surface area is 107 Å². The van der Waals surface area contributed by atoms with Crippen LogP contribution in [-0.4, -0.2) is 17.1 Å². The van der Waals surface area contributed by atoms with Gasteiger partial charge in [0.2, 0.25) is 5.76 Å². The van der Waals surface area contributed by atoms with Crippen LogP contribution in [-0.2, 0) is 6.54 Å². The first-order valence-electron chi connectivity index (χ1n) is 6.74. The second kappa shape index (κ2) is 6.05. The van der Waals surface area contributed by atoms with Crippen molar-refractivity contribution < 1.29 is 14.3 Å². The van der Waals surface area contributed by atoms with E-state index in [2.05, 4.69) is 12.2 Å². The summed E-state index contributed by atoms with van der Waals surface area (Å²) in [6, 6.07) is 3.79. The van der Waals surface area contributed by atoms with Crippen molar-refractivity contribution >= 4 is 5.97 Å². The highest BCUT2D eigenvalue weighted by molar-refractivity contribution is 5.84. The molecule has 1 heterocycles. The Balaban J connectivity index is 1.81. The van der Waals surface area contributed by atoms with Crippen molar-refractivity contribution in [1.82, 2.24) is 5.32 Å². The predicted molar refractivity (Wildman–Crippen MR) is 68.5 cm³/mol. The van der Waals surface area contributed by atoms with Gasteiger partial charge >= 0.3 is 5.97 Å². The number of carboxylic acids is 1. The number of rotatable bonds is 5. The fraction of sp³-hybridized carbons (Fsp3) is 0.643. The van der Waals surface area contributed by atoms with Gasteiger partial charge in [-0.1, -0.05) is 26.2 Å². The molecule has 100 valence electrons. The van der Waals surface area contributed by atoms with Crippen LogP contribution in [0.25, 0.3) is 0 Å². The Bertz CT molecular complexity index is 399. The highest BCUT2D eigenvalue weighted by atomic mass is 16.4. The Morgan fingerprint density at radius 2 is 2.33 bits per heavy atom. The topological polar surface area (TPSA) is 62.5 Å². The molecule has 4 heteroatoms. The molecule has 0 saturated heterocycles. The maximum absolute atomic E-state index is 10.7. The maximum Gasteiger partial charge on any atom is 0.371 e. The van der Waals surface area contributed by atoms with Gasteiger partial charge in [-0.2, -0.15) is 0 Å². The molecule has 0 spiro atoms. The lowest BCUT2D eigenvalue weighted by molar-refractivity contribution is 0.0660. The van der Waals surface area contributed by atoms with Crippen molar-refractivity contribution in [3.63, 3.8) is 0 Å². The average Bonchev–Trinajstić information content (AvgIpc) is 2.85. The van der Waals surface area contributed by atoms with Gasteiger partial charge in [0.05, 0.1) is 6.54 Å². The van der Waals surface area contributed by atoms with E-state index in [1.165, 1.54) is 38.2 Å². The smallest absolute Gasteiger partial charge is 0.371 e. The van der Waals surface area contributed by atoms with Gasteiger partial charge in [-0.15, -0.1) is 0 Å². The molecule has 1 aromatic rings. The molecule has 2 atom stereocenters. The number of hydrogen-bond acceptors (Lipinski definition) is 3. The number of nitrogens with one attached hydrogen (secondary N) is 1. The van der Waals surface area contributed by atoms with E-state index in [1.807, 2.05) is 0 Å². The van der Waals surface area contributed by atoms with Crippen LogP contribution in [0.2, 0.25) is 0 Å². The third-order valence-corrected chi connectivity index (χ3v) is 3.80. The van der Waals surface area contributed by atoms with E-state index in [0.717, 1.165) is 5.92 Å². The first-order valence-corrected chi connectivity index (χ1v) is 6.74. The molecule has 1 aromatic heterocycles. The van der Waals surface area contributed by atoms with Gasteiger partial charge in [0, 0.05) is 6.04 Å². The first-order chi connectivity index (χ1) is 8.69. The zero-order chi connectivity index (χ0) is 13.0. The Hall–Kier alpha value is -1.29. The number of carboxylic acid groups (broad SMARTS) is 1. The SMILES string of the molecule is CCC1CCCC(NCc2ccc(C(=O)O)o2)C1. The van der Waals surface area contributed by atoms with Crippen LogP contribution in [0.4, 0.5) is 0 Å². The summed E-state index contributed by atoms with van der Waals surface area (Å²) < 4.78 is 5.23. The van der Waals surface area contributed by atoms with Gasteiger partial charge in [0.15, 0.2) is 0 Å². The second-order valence-corrected chi connectivity index (χ2v) is 5.09. The van der Waals surface area contributed by atoms with Gasteiger partial charge in [-0.3, -0.25) is 0 Å². The van der Waals surface area contributed by atoms with Crippen LogP contribution in [0.1, 0.15) is 55.3 Å². The highest BCUT2D eigenvalue weighted by Gasteiger charge is 2.20. The summed E-state index contributed by atoms with van der Waals surface area (Å²) in [6.45, 7) is 2.87. The molecule has 2 unspecified atom stereocenters. The van der Waals surface area contributed by atoms with E-state index in [1.54, 1.807) is 6.07 Å². The fourth-order valence-electron chi connectivity index (χ4n) is 2.68. The van der Waals surface area contributed by atoms with Gasteiger partial charge < -0.3 is 14.8 Å². The van der Waals surface area contributed by atoms with E-state index >= 15 is 0 Å². The number of furan rings is 1. The summed E-state index contributed by atoms with van der Waals surface area (Å²) in [5, 5.41) is 12.2. The van der Waals surface area contributed by atoms with E-state index < -0.39 is 5.97 Å². The van der Waals surface area contributed by atoms with Gasteiger partial charge in [-0.25, -0.2) is 4.79 Å². The van der Waals surface area contributed by atoms with Crippen LogP contribution in [0.15, 0.2) is 16.5 Å². The number of hydrogen-bond donors (Lipinski definition) is 2. The summed E-state index contributed by atoms with van der Waals surface area (Å²) in [7, 11) is 0. The van der Waals surface area contributed by atoms with Gasteiger partial charge in [0.25, 0.3) is 0 Å². The monoisotopic (exact) mass is 251 g/mol. The molecule has 1 aliphatic carbocycles. The first kappa shape index (κ1) is 13.1. The standard InChI is InChI=1S/C14H21NO3/c1-2-10-4-3-5-11(8-10)15-9-12-6-7-13(18-12)14(16)17/h6-7,10-11,15H,2-5,8-9H2,1H3,(H,16,17). The zero-order valence-corrected chi connectivity index (χ0v) is 10.8. The van der Waals surface area contributed by atoms with Crippen molar-refractivity contribution in [2.45, 2.75) is 51.6 Å². The second-order valence-electron chi connectivity index (χ2n) is 5.09. The predicted octanol–water partition coefficient (Wildman–Crippen LogP) is 3.04. The van der Waals surface area contributed by atoms with Crippen molar-refractivity contribution in [3.05, 3.63) is 23.7 Å². The summed E-state index contributed by atoms with van der Waals surface area (Å²) in [5.41, 5.74) is 0. The summed E-state index contributed by atoms with van der Waals surface area (Å²) in [6.07, 6.45) is 6.32. The average molecular weight is 251 g/mol. The summed E-state index contributed by atoms with van der Waals surface area (Å²) >= 11 is 0. The Kier molecular flexibility index (Phi) is 4.42. The molecular formula is C14H21NO3. The molecule has 0 radical (unpaired) electrons. The van der Waals surface area contributed by atoms with Crippen LogP contribution in [0.3, 0.4) is 0 Å². The lowest BCUT2D eigenvalue weighted by Crippen LogP contribution is -2.33. The quantitative estimate of drug-likeness (QED) is 0.844. The van der Waals surface area contributed by atoms with Crippen LogP contribution in [0, 0.1) is 5.92 Å². The summed E-state index contributed by atoms with van der Waals surface area (Å²) in [4.78, 5) is 10.7. The minimum Gasteiger partial charge on any atom is -0.475 e. The molecule has 2 rings (SSSR count). The van der Waals surface area contributed by atoms with Crippen LogP contribution >= 0.6 is 0 Å². The van der Waals surface area contributed by atoms with E-state index in [9.17, 15) is 4.79 Å². The molecule has 4 nitrogen and oxygen atoms in total. The normalized spacial score (nSPS) is 24.1. The van der Waals surface area contributed by atoms with Gasteiger partial charge in [0.1, 0.15) is 5.76 Å². The molecule has 1 aliphatic rings. The number of carbonyl (C=O) groups is 1. The Morgan fingerprint density at radius 3 is 3.00 bits per heavy atom. The van der Waals surface area contributed by atoms with Crippen molar-refractivity contribution in [2.24, 2.45) is 5.92 Å². The van der Waals surface area contributed by atoms with Crippen molar-refractivity contribution in [3.8, 4) is 0 Å². The van der Waals surface area contributed by atoms with Gasteiger partial charge in [-0.05, 0) is 30.9 Å². The minimum atomic E-state index is -1.01. The largest absolute Gasteiger partial charge is 0.475 e. The molecule has 0 bridgehead atoms. The lowest BCUT2D eigenvalue weighted by Gasteiger charge is -2.28. The maximum atomic E-state index is 10.7. The van der Waals surface area contributed by atoms with Crippen molar-refractivity contribution in [1.29, 1.82) is 0 Å². The lowest BCUT2D eigenvalue weighted by atomic mass is 9.84. The molecule has 2 N–H and O–H groups in total. The molecular weight excluding hydrogens is 230 g/mol. The van der Waals surface area contributed by atoms with Crippen LogP contribution in [0.5, 0.6) is 0 Å². The molecule has 1 saturated carbocycles. The molecule has 18 heavy (non-hydrogen) atoms.